The molecule has 3 nitrogen and oxygen atoms in total. The van der Waals surface area contributed by atoms with Crippen molar-refractivity contribution in [2.75, 3.05) is 11.9 Å². The normalized spacial score (nSPS) is 24.4. The Kier molecular flexibility index (Phi) is 3.25. The molecule has 1 fully saturated rings. The van der Waals surface area contributed by atoms with Crippen LogP contribution in [0, 0.1) is 12.8 Å². The number of para-hydroxylation sites is 1. The van der Waals surface area contributed by atoms with Crippen LogP contribution in [-0.4, -0.2) is 18.5 Å². The van der Waals surface area contributed by atoms with Crippen LogP contribution in [0.15, 0.2) is 24.3 Å². The highest BCUT2D eigenvalue weighted by Crippen LogP contribution is 2.19. The average Bonchev–Trinajstić information content (AvgIpc) is 2.68. The van der Waals surface area contributed by atoms with E-state index in [2.05, 4.69) is 17.6 Å². The molecule has 3 heteroatoms. The first-order valence-electron chi connectivity index (χ1n) is 5.78. The van der Waals surface area contributed by atoms with E-state index >= 15 is 0 Å². The van der Waals surface area contributed by atoms with Crippen molar-refractivity contribution in [3.8, 4) is 0 Å². The van der Waals surface area contributed by atoms with Crippen LogP contribution >= 0.6 is 0 Å². The molecular formula is C13H18N2O. The van der Waals surface area contributed by atoms with Gasteiger partial charge in [-0.3, -0.25) is 4.79 Å². The third kappa shape index (κ3) is 2.25. The fourth-order valence-corrected chi connectivity index (χ4v) is 2.16. The number of anilines is 1. The number of hydrogen-bond donors (Lipinski definition) is 2. The first-order chi connectivity index (χ1) is 7.68. The molecule has 0 spiro atoms. The summed E-state index contributed by atoms with van der Waals surface area (Å²) in [6.07, 6.45) is 0.929. The maximum Gasteiger partial charge on any atom is 0.229 e. The van der Waals surface area contributed by atoms with Gasteiger partial charge in [-0.05, 0) is 38.4 Å². The molecule has 0 aliphatic carbocycles. The summed E-state index contributed by atoms with van der Waals surface area (Å²) < 4.78 is 0. The molecule has 0 saturated carbocycles. The molecule has 2 atom stereocenters. The lowest BCUT2D eigenvalue weighted by atomic mass is 10.0. The number of hydrogen-bond acceptors (Lipinski definition) is 2. The van der Waals surface area contributed by atoms with Gasteiger partial charge in [0.15, 0.2) is 0 Å². The summed E-state index contributed by atoms with van der Waals surface area (Å²) in [6.45, 7) is 5.01. The van der Waals surface area contributed by atoms with Gasteiger partial charge in [-0.15, -0.1) is 0 Å². The van der Waals surface area contributed by atoms with E-state index in [0.29, 0.717) is 0 Å². The molecule has 1 aliphatic rings. The summed E-state index contributed by atoms with van der Waals surface area (Å²) in [4.78, 5) is 12.0. The highest BCUT2D eigenvalue weighted by molar-refractivity contribution is 5.93. The van der Waals surface area contributed by atoms with Gasteiger partial charge in [0.2, 0.25) is 5.91 Å². The molecule has 2 unspecified atom stereocenters. The summed E-state index contributed by atoms with van der Waals surface area (Å²) in [6, 6.07) is 8.15. The number of aryl methyl sites for hydroxylation is 1. The van der Waals surface area contributed by atoms with Gasteiger partial charge >= 0.3 is 0 Å². The summed E-state index contributed by atoms with van der Waals surface area (Å²) in [5.74, 6) is 0.228. The van der Waals surface area contributed by atoms with Gasteiger partial charge in [-0.25, -0.2) is 0 Å². The Morgan fingerprint density at radius 2 is 2.19 bits per heavy atom. The van der Waals surface area contributed by atoms with E-state index in [-0.39, 0.29) is 17.9 Å². The van der Waals surface area contributed by atoms with Crippen molar-refractivity contribution in [2.24, 2.45) is 5.92 Å². The molecule has 2 N–H and O–H groups in total. The summed E-state index contributed by atoms with van der Waals surface area (Å²) >= 11 is 0. The number of rotatable bonds is 2. The van der Waals surface area contributed by atoms with Gasteiger partial charge in [0, 0.05) is 11.7 Å². The Hall–Kier alpha value is -1.35. The number of carbonyl (C=O) groups is 1. The Labute approximate surface area is 96.2 Å². The predicted octanol–water partition coefficient (Wildman–Crippen LogP) is 1.93. The van der Waals surface area contributed by atoms with Gasteiger partial charge in [0.1, 0.15) is 0 Å². The molecule has 2 rings (SSSR count). The maximum atomic E-state index is 12.0. The van der Waals surface area contributed by atoms with E-state index in [1.165, 1.54) is 0 Å². The molecule has 1 saturated heterocycles. The van der Waals surface area contributed by atoms with Crippen molar-refractivity contribution in [2.45, 2.75) is 26.3 Å². The van der Waals surface area contributed by atoms with E-state index < -0.39 is 0 Å². The highest BCUT2D eigenvalue weighted by Gasteiger charge is 2.29. The van der Waals surface area contributed by atoms with Crippen LogP contribution in [0.4, 0.5) is 5.69 Å². The first-order valence-corrected chi connectivity index (χ1v) is 5.78. The Morgan fingerprint density at radius 3 is 2.81 bits per heavy atom. The van der Waals surface area contributed by atoms with E-state index in [9.17, 15) is 4.79 Å². The zero-order valence-electron chi connectivity index (χ0n) is 9.79. The van der Waals surface area contributed by atoms with E-state index in [1.807, 2.05) is 31.2 Å². The molecule has 0 radical (unpaired) electrons. The molecule has 1 amide bonds. The van der Waals surface area contributed by atoms with Gasteiger partial charge in [-0.2, -0.15) is 0 Å². The van der Waals surface area contributed by atoms with Crippen molar-refractivity contribution in [1.82, 2.24) is 5.32 Å². The third-order valence-electron chi connectivity index (χ3n) is 3.26. The number of carbonyl (C=O) groups excluding carboxylic acids is 1. The molecule has 1 heterocycles. The first kappa shape index (κ1) is 11.1. The number of amides is 1. The van der Waals surface area contributed by atoms with Crippen molar-refractivity contribution in [1.29, 1.82) is 0 Å². The second kappa shape index (κ2) is 4.66. The second-order valence-electron chi connectivity index (χ2n) is 4.44. The smallest absolute Gasteiger partial charge is 0.229 e. The molecule has 1 aromatic carbocycles. The summed E-state index contributed by atoms with van der Waals surface area (Å²) in [5, 5.41) is 6.29. The minimum atomic E-state index is 0.0969. The molecular weight excluding hydrogens is 200 g/mol. The van der Waals surface area contributed by atoms with Crippen LogP contribution < -0.4 is 10.6 Å². The molecule has 16 heavy (non-hydrogen) atoms. The summed E-state index contributed by atoms with van der Waals surface area (Å²) in [5.41, 5.74) is 2.03. The van der Waals surface area contributed by atoms with Gasteiger partial charge in [-0.1, -0.05) is 18.2 Å². The van der Waals surface area contributed by atoms with Gasteiger partial charge in [0.25, 0.3) is 0 Å². The Balaban J connectivity index is 2.05. The minimum absolute atomic E-state index is 0.0969. The highest BCUT2D eigenvalue weighted by atomic mass is 16.1. The van der Waals surface area contributed by atoms with Crippen molar-refractivity contribution < 1.29 is 4.79 Å². The Bertz CT molecular complexity index is 389. The largest absolute Gasteiger partial charge is 0.326 e. The van der Waals surface area contributed by atoms with Crippen LogP contribution in [0.5, 0.6) is 0 Å². The van der Waals surface area contributed by atoms with Crippen LogP contribution in [0.1, 0.15) is 18.9 Å². The fraction of sp³-hybridized carbons (Fsp3) is 0.462. The molecule has 1 aromatic rings. The van der Waals surface area contributed by atoms with Crippen molar-refractivity contribution in [3.05, 3.63) is 29.8 Å². The lowest BCUT2D eigenvalue weighted by Gasteiger charge is -2.15. The van der Waals surface area contributed by atoms with Gasteiger partial charge in [0.05, 0.1) is 5.92 Å². The number of nitrogens with one attached hydrogen (secondary N) is 2. The van der Waals surface area contributed by atoms with E-state index in [4.69, 9.17) is 0 Å². The zero-order valence-corrected chi connectivity index (χ0v) is 9.79. The van der Waals surface area contributed by atoms with E-state index in [0.717, 1.165) is 24.2 Å². The SMILES string of the molecule is Cc1ccccc1NC(=O)C1CCNC1C. The third-order valence-corrected chi connectivity index (χ3v) is 3.26. The average molecular weight is 218 g/mol. The van der Waals surface area contributed by atoms with Crippen LogP contribution in [0.25, 0.3) is 0 Å². The standard InChI is InChI=1S/C13H18N2O/c1-9-5-3-4-6-12(9)15-13(16)11-7-8-14-10(11)2/h3-6,10-11,14H,7-8H2,1-2H3,(H,15,16). The minimum Gasteiger partial charge on any atom is -0.326 e. The summed E-state index contributed by atoms with van der Waals surface area (Å²) in [7, 11) is 0. The van der Waals surface area contributed by atoms with Crippen molar-refractivity contribution >= 4 is 11.6 Å². The lowest BCUT2D eigenvalue weighted by molar-refractivity contribution is -0.120. The predicted molar refractivity (Wildman–Crippen MR) is 65.4 cm³/mol. The second-order valence-corrected chi connectivity index (χ2v) is 4.44. The molecule has 86 valence electrons. The molecule has 0 bridgehead atoms. The maximum absolute atomic E-state index is 12.0. The number of benzene rings is 1. The van der Waals surface area contributed by atoms with Crippen molar-refractivity contribution in [3.63, 3.8) is 0 Å². The fourth-order valence-electron chi connectivity index (χ4n) is 2.16. The molecule has 1 aliphatic heterocycles. The molecule has 0 aromatic heterocycles. The van der Waals surface area contributed by atoms with E-state index in [1.54, 1.807) is 0 Å². The Morgan fingerprint density at radius 1 is 1.44 bits per heavy atom. The van der Waals surface area contributed by atoms with Crippen LogP contribution in [0.3, 0.4) is 0 Å². The topological polar surface area (TPSA) is 41.1 Å². The monoisotopic (exact) mass is 218 g/mol. The zero-order chi connectivity index (χ0) is 11.5. The quantitative estimate of drug-likeness (QED) is 0.796. The lowest BCUT2D eigenvalue weighted by Crippen LogP contribution is -2.32. The van der Waals surface area contributed by atoms with Crippen LogP contribution in [0.2, 0.25) is 0 Å². The van der Waals surface area contributed by atoms with Gasteiger partial charge < -0.3 is 10.6 Å². The van der Waals surface area contributed by atoms with Crippen LogP contribution in [-0.2, 0) is 4.79 Å².